The van der Waals surface area contributed by atoms with Gasteiger partial charge in [0.05, 0.1) is 6.04 Å². The van der Waals surface area contributed by atoms with Gasteiger partial charge in [-0.15, -0.1) is 0 Å². The van der Waals surface area contributed by atoms with Gasteiger partial charge in [0, 0.05) is 13.1 Å². The van der Waals surface area contributed by atoms with E-state index in [0.29, 0.717) is 5.84 Å². The molecule has 2 rings (SSSR count). The molecule has 0 bridgehead atoms. The maximum absolute atomic E-state index is 8.82. The molecule has 0 aromatic heterocycles. The van der Waals surface area contributed by atoms with E-state index in [-0.39, 0.29) is 6.04 Å². The van der Waals surface area contributed by atoms with Gasteiger partial charge in [-0.05, 0) is 43.9 Å². The molecule has 0 heterocycles. The Morgan fingerprint density at radius 3 is 2.12 bits per heavy atom. The third kappa shape index (κ3) is 3.11. The zero-order valence-electron chi connectivity index (χ0n) is 10.1. The summed E-state index contributed by atoms with van der Waals surface area (Å²) in [5.74, 6) is 2.10. The first kappa shape index (κ1) is 11.7. The second-order valence-corrected chi connectivity index (χ2v) is 5.29. The Kier molecular flexibility index (Phi) is 3.69. The lowest BCUT2D eigenvalue weighted by Gasteiger charge is -2.30. The van der Waals surface area contributed by atoms with E-state index in [4.69, 9.17) is 10.9 Å². The summed E-state index contributed by atoms with van der Waals surface area (Å²) in [6, 6.07) is 0.131. The van der Waals surface area contributed by atoms with Crippen LogP contribution >= 0.6 is 0 Å². The van der Waals surface area contributed by atoms with Crippen LogP contribution < -0.4 is 5.73 Å². The summed E-state index contributed by atoms with van der Waals surface area (Å²) in [5, 5.41) is 12.0. The molecule has 2 aliphatic rings. The summed E-state index contributed by atoms with van der Waals surface area (Å²) in [7, 11) is 0. The molecule has 16 heavy (non-hydrogen) atoms. The monoisotopic (exact) mass is 225 g/mol. The summed E-state index contributed by atoms with van der Waals surface area (Å²) < 4.78 is 0. The first-order chi connectivity index (χ1) is 7.74. The summed E-state index contributed by atoms with van der Waals surface area (Å²) in [4.78, 5) is 2.43. The van der Waals surface area contributed by atoms with Crippen LogP contribution in [-0.4, -0.2) is 35.1 Å². The third-order valence-electron chi connectivity index (χ3n) is 3.66. The van der Waals surface area contributed by atoms with Crippen LogP contribution in [0.5, 0.6) is 0 Å². The second-order valence-electron chi connectivity index (χ2n) is 5.29. The van der Waals surface area contributed by atoms with E-state index in [1.807, 2.05) is 0 Å². The highest BCUT2D eigenvalue weighted by molar-refractivity contribution is 5.85. The lowest BCUT2D eigenvalue weighted by atomic mass is 10.1. The van der Waals surface area contributed by atoms with Crippen LogP contribution in [0.15, 0.2) is 5.16 Å². The first-order valence-electron chi connectivity index (χ1n) is 6.46. The summed E-state index contributed by atoms with van der Waals surface area (Å²) in [6.07, 6.45) is 6.35. The molecule has 3 N–H and O–H groups in total. The molecule has 2 aliphatic carbocycles. The lowest BCUT2D eigenvalue weighted by molar-refractivity contribution is 0.211. The van der Waals surface area contributed by atoms with Crippen molar-refractivity contribution in [2.75, 3.05) is 13.1 Å². The quantitative estimate of drug-likeness (QED) is 0.300. The first-order valence-corrected chi connectivity index (χ1v) is 6.46. The Morgan fingerprint density at radius 1 is 1.31 bits per heavy atom. The number of oxime groups is 1. The Bertz CT molecular complexity index is 245. The minimum atomic E-state index is 0.131. The Labute approximate surface area is 97.5 Å². The summed E-state index contributed by atoms with van der Waals surface area (Å²) >= 11 is 0. The fraction of sp³-hybridized carbons (Fsp3) is 0.917. The van der Waals surface area contributed by atoms with Gasteiger partial charge in [-0.3, -0.25) is 4.90 Å². The highest BCUT2D eigenvalue weighted by atomic mass is 16.4. The van der Waals surface area contributed by atoms with Gasteiger partial charge >= 0.3 is 0 Å². The normalized spacial score (nSPS) is 23.8. The van der Waals surface area contributed by atoms with Crippen LogP contribution in [0.3, 0.4) is 0 Å². The smallest absolute Gasteiger partial charge is 0.156 e. The van der Waals surface area contributed by atoms with Gasteiger partial charge in [0.2, 0.25) is 0 Å². The predicted molar refractivity (Wildman–Crippen MR) is 64.5 cm³/mol. The van der Waals surface area contributed by atoms with Crippen LogP contribution in [-0.2, 0) is 0 Å². The van der Waals surface area contributed by atoms with Crippen LogP contribution in [0, 0.1) is 11.8 Å². The zero-order chi connectivity index (χ0) is 11.5. The van der Waals surface area contributed by atoms with E-state index in [1.54, 1.807) is 0 Å². The predicted octanol–water partition coefficient (Wildman–Crippen LogP) is 1.63. The van der Waals surface area contributed by atoms with Gasteiger partial charge in [-0.1, -0.05) is 12.1 Å². The second kappa shape index (κ2) is 5.04. The van der Waals surface area contributed by atoms with Crippen molar-refractivity contribution in [3.8, 4) is 0 Å². The average molecular weight is 225 g/mol. The number of amidine groups is 1. The average Bonchev–Trinajstić information content (AvgIpc) is 3.13. The van der Waals surface area contributed by atoms with Crippen molar-refractivity contribution in [2.24, 2.45) is 22.7 Å². The van der Waals surface area contributed by atoms with Gasteiger partial charge in [0.15, 0.2) is 5.84 Å². The molecule has 0 aromatic carbocycles. The van der Waals surface area contributed by atoms with Crippen molar-refractivity contribution >= 4 is 5.84 Å². The molecule has 0 saturated heterocycles. The molecule has 4 nitrogen and oxygen atoms in total. The number of hydrogen-bond donors (Lipinski definition) is 2. The molecule has 92 valence electrons. The standard InChI is InChI=1S/C12H23N3O/c1-2-11(12(13)14-16)15(7-9-3-4-9)8-10-5-6-10/h9-11,16H,2-8H2,1H3,(H2,13,14). The van der Waals surface area contributed by atoms with Crippen LogP contribution in [0.4, 0.5) is 0 Å². The number of nitrogens with two attached hydrogens (primary N) is 1. The molecule has 1 unspecified atom stereocenters. The van der Waals surface area contributed by atoms with Crippen molar-refractivity contribution in [3.63, 3.8) is 0 Å². The Balaban J connectivity index is 1.94. The summed E-state index contributed by atoms with van der Waals surface area (Å²) in [5.41, 5.74) is 5.78. The fourth-order valence-electron chi connectivity index (χ4n) is 2.31. The van der Waals surface area contributed by atoms with Crippen molar-refractivity contribution in [1.82, 2.24) is 4.90 Å². The molecule has 0 radical (unpaired) electrons. The summed E-state index contributed by atoms with van der Waals surface area (Å²) in [6.45, 7) is 4.37. The molecule has 1 atom stereocenters. The molecular weight excluding hydrogens is 202 g/mol. The lowest BCUT2D eigenvalue weighted by Crippen LogP contribution is -2.46. The van der Waals surface area contributed by atoms with Gasteiger partial charge in [0.25, 0.3) is 0 Å². The number of rotatable bonds is 7. The maximum Gasteiger partial charge on any atom is 0.156 e. The molecule has 0 amide bonds. The molecule has 2 saturated carbocycles. The van der Waals surface area contributed by atoms with Crippen LogP contribution in [0.25, 0.3) is 0 Å². The molecule has 0 aromatic rings. The Hall–Kier alpha value is -0.770. The van der Waals surface area contributed by atoms with Gasteiger partial charge < -0.3 is 10.9 Å². The van der Waals surface area contributed by atoms with E-state index in [9.17, 15) is 0 Å². The van der Waals surface area contributed by atoms with Crippen LogP contribution in [0.2, 0.25) is 0 Å². The fourth-order valence-corrected chi connectivity index (χ4v) is 2.31. The third-order valence-corrected chi connectivity index (χ3v) is 3.66. The highest BCUT2D eigenvalue weighted by Crippen LogP contribution is 2.34. The zero-order valence-corrected chi connectivity index (χ0v) is 10.1. The Morgan fingerprint density at radius 2 is 1.81 bits per heavy atom. The van der Waals surface area contributed by atoms with E-state index >= 15 is 0 Å². The van der Waals surface area contributed by atoms with Gasteiger partial charge in [-0.25, -0.2) is 0 Å². The van der Waals surface area contributed by atoms with Crippen molar-refractivity contribution in [1.29, 1.82) is 0 Å². The van der Waals surface area contributed by atoms with E-state index in [1.165, 1.54) is 25.7 Å². The van der Waals surface area contributed by atoms with Gasteiger partial charge in [-0.2, -0.15) is 0 Å². The molecule has 2 fully saturated rings. The van der Waals surface area contributed by atoms with Gasteiger partial charge in [0.1, 0.15) is 0 Å². The maximum atomic E-state index is 8.82. The van der Waals surface area contributed by atoms with E-state index < -0.39 is 0 Å². The minimum absolute atomic E-state index is 0.131. The SMILES string of the molecule is CCC(C(N)=NO)N(CC1CC1)CC1CC1. The molecule has 0 aliphatic heterocycles. The van der Waals surface area contributed by atoms with E-state index in [0.717, 1.165) is 31.3 Å². The van der Waals surface area contributed by atoms with Crippen LogP contribution in [0.1, 0.15) is 39.0 Å². The topological polar surface area (TPSA) is 61.9 Å². The molecular formula is C12H23N3O. The number of nitrogens with zero attached hydrogens (tertiary/aromatic N) is 2. The van der Waals surface area contributed by atoms with Crippen molar-refractivity contribution < 1.29 is 5.21 Å². The highest BCUT2D eigenvalue weighted by Gasteiger charge is 2.33. The largest absolute Gasteiger partial charge is 0.409 e. The minimum Gasteiger partial charge on any atom is -0.409 e. The number of hydrogen-bond acceptors (Lipinski definition) is 3. The molecule has 0 spiro atoms. The molecule has 4 heteroatoms. The van der Waals surface area contributed by atoms with Crippen molar-refractivity contribution in [3.05, 3.63) is 0 Å². The van der Waals surface area contributed by atoms with E-state index in [2.05, 4.69) is 17.0 Å². The van der Waals surface area contributed by atoms with Crippen molar-refractivity contribution in [2.45, 2.75) is 45.1 Å².